The molecular formula is C20H24FN5O3. The molecule has 0 radical (unpaired) electrons. The Kier molecular flexibility index (Phi) is 5.50. The molecule has 2 aliphatic rings. The van der Waals surface area contributed by atoms with E-state index < -0.39 is 11.9 Å². The molecule has 2 aliphatic heterocycles. The predicted octanol–water partition coefficient (Wildman–Crippen LogP) is 2.22. The van der Waals surface area contributed by atoms with E-state index in [9.17, 15) is 5.11 Å². The number of hydrogen-bond donors (Lipinski definition) is 4. The van der Waals surface area contributed by atoms with Crippen molar-refractivity contribution in [3.63, 3.8) is 0 Å². The van der Waals surface area contributed by atoms with E-state index in [0.29, 0.717) is 61.2 Å². The first-order chi connectivity index (χ1) is 14.0. The smallest absolute Gasteiger partial charge is 0.229 e. The quantitative estimate of drug-likeness (QED) is 0.619. The first-order valence-corrected chi connectivity index (χ1v) is 9.56. The second-order valence-electron chi connectivity index (χ2n) is 6.98. The summed E-state index contributed by atoms with van der Waals surface area (Å²) in [5.74, 6) is 1.21. The molecule has 29 heavy (non-hydrogen) atoms. The van der Waals surface area contributed by atoms with Crippen molar-refractivity contribution in [2.75, 3.05) is 44.0 Å². The van der Waals surface area contributed by atoms with E-state index in [-0.39, 0.29) is 11.6 Å². The fourth-order valence-corrected chi connectivity index (χ4v) is 3.47. The van der Waals surface area contributed by atoms with Gasteiger partial charge in [0.1, 0.15) is 19.0 Å². The lowest BCUT2D eigenvalue weighted by Crippen LogP contribution is -2.24. The number of benzene rings is 1. The van der Waals surface area contributed by atoms with Gasteiger partial charge in [0.2, 0.25) is 5.95 Å². The second kappa shape index (κ2) is 8.22. The number of anilines is 3. The fraction of sp³-hybridized carbons (Fsp3) is 0.400. The number of β-amino-alcohol motifs (C(OH)–C–C–N with tert-alkyl or cyclic N) is 1. The lowest BCUT2D eigenvalue weighted by atomic mass is 9.97. The van der Waals surface area contributed by atoms with Gasteiger partial charge in [0, 0.05) is 44.4 Å². The van der Waals surface area contributed by atoms with Crippen molar-refractivity contribution in [3.8, 4) is 11.5 Å². The van der Waals surface area contributed by atoms with Crippen molar-refractivity contribution < 1.29 is 19.0 Å². The molecule has 0 fully saturated rings. The summed E-state index contributed by atoms with van der Waals surface area (Å²) in [6.07, 6.45) is 1.57. The minimum absolute atomic E-state index is 0.185. The number of ether oxygens (including phenoxy) is 2. The highest BCUT2D eigenvalue weighted by atomic mass is 19.1. The Hall–Kier alpha value is -2.91. The van der Waals surface area contributed by atoms with Crippen LogP contribution in [0.25, 0.3) is 5.57 Å². The van der Waals surface area contributed by atoms with Crippen molar-refractivity contribution in [1.82, 2.24) is 15.3 Å². The predicted molar refractivity (Wildman–Crippen MR) is 108 cm³/mol. The number of hydrogen-bond acceptors (Lipinski definition) is 8. The minimum Gasteiger partial charge on any atom is -0.486 e. The number of rotatable bonds is 4. The van der Waals surface area contributed by atoms with Gasteiger partial charge in [-0.3, -0.25) is 0 Å². The molecule has 1 aromatic heterocycles. The monoisotopic (exact) mass is 401 g/mol. The summed E-state index contributed by atoms with van der Waals surface area (Å²) in [4.78, 5) is 8.67. The summed E-state index contributed by atoms with van der Waals surface area (Å²) in [6.45, 7) is 3.54. The van der Waals surface area contributed by atoms with Gasteiger partial charge in [-0.15, -0.1) is 0 Å². The summed E-state index contributed by atoms with van der Waals surface area (Å²) in [6, 6.07) is 3.35. The summed E-state index contributed by atoms with van der Waals surface area (Å²) in [5.41, 5.74) is 1.90. The van der Waals surface area contributed by atoms with Gasteiger partial charge in [-0.05, 0) is 12.5 Å². The van der Waals surface area contributed by atoms with E-state index in [1.165, 1.54) is 0 Å². The number of aromatic nitrogens is 2. The Morgan fingerprint density at radius 3 is 2.90 bits per heavy atom. The summed E-state index contributed by atoms with van der Waals surface area (Å²) < 4.78 is 27.1. The molecule has 0 aliphatic carbocycles. The molecule has 0 saturated heterocycles. The van der Waals surface area contributed by atoms with Crippen LogP contribution in [0.4, 0.5) is 21.8 Å². The van der Waals surface area contributed by atoms with E-state index >= 15 is 4.39 Å². The van der Waals surface area contributed by atoms with Gasteiger partial charge in [-0.25, -0.2) is 9.37 Å². The Bertz CT molecular complexity index is 950. The summed E-state index contributed by atoms with van der Waals surface area (Å²) in [7, 11) is 1.76. The molecule has 4 rings (SSSR count). The average Bonchev–Trinajstić information content (AvgIpc) is 2.92. The molecule has 0 bridgehead atoms. The standard InChI is InChI=1S/C20H24FN5O3/c1-11-7-16(22-2)26-20(24-11)25-14-9-15-19(29-6-5-28-15)17(18(14)21)12-3-4-23-10-13(27)8-12/h3,7,9,13,23,27H,4-6,8,10H2,1-2H3,(H2,22,24,25,26)/t13-/m0/s1. The summed E-state index contributed by atoms with van der Waals surface area (Å²) in [5, 5.41) is 19.2. The van der Waals surface area contributed by atoms with Crippen LogP contribution in [0, 0.1) is 12.7 Å². The SMILES string of the molecule is CNc1cc(C)nc(Nc2cc3c(c(C4=CCNC[C@@H](O)C4)c2F)OCCO3)n1. The number of nitrogens with zero attached hydrogens (tertiary/aromatic N) is 2. The molecule has 0 saturated carbocycles. The van der Waals surface area contributed by atoms with Crippen LogP contribution in [-0.4, -0.2) is 54.5 Å². The first kappa shape index (κ1) is 19.4. The molecule has 1 aromatic carbocycles. The van der Waals surface area contributed by atoms with E-state index in [4.69, 9.17) is 9.47 Å². The lowest BCUT2D eigenvalue weighted by Gasteiger charge is -2.24. The van der Waals surface area contributed by atoms with E-state index in [2.05, 4.69) is 25.9 Å². The number of halogens is 1. The topological polar surface area (TPSA) is 101 Å². The van der Waals surface area contributed by atoms with Gasteiger partial charge in [-0.1, -0.05) is 6.08 Å². The normalized spacial score (nSPS) is 18.6. The van der Waals surface area contributed by atoms with Gasteiger partial charge < -0.3 is 30.5 Å². The Labute approximate surface area is 168 Å². The van der Waals surface area contributed by atoms with Crippen LogP contribution in [-0.2, 0) is 0 Å². The number of nitrogens with one attached hydrogen (secondary N) is 3. The maximum atomic E-state index is 15.7. The van der Waals surface area contributed by atoms with Crippen molar-refractivity contribution in [1.29, 1.82) is 0 Å². The largest absolute Gasteiger partial charge is 0.486 e. The lowest BCUT2D eigenvalue weighted by molar-refractivity contribution is 0.169. The Morgan fingerprint density at radius 1 is 1.24 bits per heavy atom. The van der Waals surface area contributed by atoms with Crippen LogP contribution in [0.3, 0.4) is 0 Å². The molecule has 3 heterocycles. The van der Waals surface area contributed by atoms with Crippen LogP contribution >= 0.6 is 0 Å². The third-order valence-electron chi connectivity index (χ3n) is 4.78. The second-order valence-corrected chi connectivity index (χ2v) is 6.98. The molecule has 0 amide bonds. The zero-order chi connectivity index (χ0) is 20.4. The Morgan fingerprint density at radius 2 is 2.07 bits per heavy atom. The van der Waals surface area contributed by atoms with Gasteiger partial charge in [0.15, 0.2) is 17.3 Å². The van der Waals surface area contributed by atoms with Crippen LogP contribution < -0.4 is 25.4 Å². The summed E-state index contributed by atoms with van der Waals surface area (Å²) >= 11 is 0. The first-order valence-electron chi connectivity index (χ1n) is 9.56. The minimum atomic E-state index is -0.613. The van der Waals surface area contributed by atoms with Crippen molar-refractivity contribution in [2.45, 2.75) is 19.4 Å². The zero-order valence-electron chi connectivity index (χ0n) is 16.4. The number of aliphatic hydroxyl groups is 1. The van der Waals surface area contributed by atoms with Gasteiger partial charge in [0.05, 0.1) is 17.4 Å². The maximum absolute atomic E-state index is 15.7. The van der Waals surface area contributed by atoms with Crippen LogP contribution in [0.5, 0.6) is 11.5 Å². The number of aliphatic hydroxyl groups excluding tert-OH is 1. The van der Waals surface area contributed by atoms with Gasteiger partial charge in [-0.2, -0.15) is 4.98 Å². The maximum Gasteiger partial charge on any atom is 0.229 e. The van der Waals surface area contributed by atoms with Crippen molar-refractivity contribution in [3.05, 3.63) is 35.3 Å². The third kappa shape index (κ3) is 4.10. The molecule has 8 nitrogen and oxygen atoms in total. The van der Waals surface area contributed by atoms with Crippen molar-refractivity contribution in [2.24, 2.45) is 0 Å². The fourth-order valence-electron chi connectivity index (χ4n) is 3.47. The molecule has 2 aromatic rings. The van der Waals surface area contributed by atoms with E-state index in [1.54, 1.807) is 19.2 Å². The average molecular weight is 401 g/mol. The zero-order valence-corrected chi connectivity index (χ0v) is 16.4. The highest BCUT2D eigenvalue weighted by Gasteiger charge is 2.27. The molecule has 9 heteroatoms. The van der Waals surface area contributed by atoms with Gasteiger partial charge in [0.25, 0.3) is 0 Å². The van der Waals surface area contributed by atoms with Gasteiger partial charge >= 0.3 is 0 Å². The molecule has 0 unspecified atom stereocenters. The molecule has 4 N–H and O–H groups in total. The van der Waals surface area contributed by atoms with Crippen molar-refractivity contribution >= 4 is 23.0 Å². The van der Waals surface area contributed by atoms with Crippen LogP contribution in [0.15, 0.2) is 18.2 Å². The number of fused-ring (bicyclic) bond motifs is 1. The highest BCUT2D eigenvalue weighted by molar-refractivity contribution is 5.79. The Balaban J connectivity index is 1.79. The third-order valence-corrected chi connectivity index (χ3v) is 4.78. The molecule has 154 valence electrons. The van der Waals surface area contributed by atoms with Crippen LogP contribution in [0.2, 0.25) is 0 Å². The molecule has 1 atom stereocenters. The number of aryl methyl sites for hydroxylation is 1. The molecule has 0 spiro atoms. The van der Waals surface area contributed by atoms with Crippen LogP contribution in [0.1, 0.15) is 17.7 Å². The highest BCUT2D eigenvalue weighted by Crippen LogP contribution is 2.44. The van der Waals surface area contributed by atoms with E-state index in [0.717, 1.165) is 5.69 Å². The van der Waals surface area contributed by atoms with E-state index in [1.807, 2.05) is 13.0 Å². The molecular weight excluding hydrogens is 377 g/mol.